The van der Waals surface area contributed by atoms with E-state index >= 15 is 0 Å². The average Bonchev–Trinajstić information content (AvgIpc) is 3.00. The van der Waals surface area contributed by atoms with Gasteiger partial charge in [-0.25, -0.2) is 9.78 Å². The Morgan fingerprint density at radius 1 is 0.968 bits per heavy atom. The van der Waals surface area contributed by atoms with Gasteiger partial charge in [0, 0.05) is 29.9 Å². The van der Waals surface area contributed by atoms with Crippen molar-refractivity contribution < 1.29 is 9.90 Å². The van der Waals surface area contributed by atoms with Crippen LogP contribution in [0, 0.1) is 18.8 Å². The second kappa shape index (κ2) is 8.19. The molecular weight excluding hydrogens is 390 g/mol. The molecule has 4 bridgehead atoms. The number of allylic oxidation sites excluding steroid dienone is 1. The van der Waals surface area contributed by atoms with Crippen molar-refractivity contribution in [2.45, 2.75) is 102 Å². The number of carbonyl (C=O) groups is 1. The minimum Gasteiger partial charge on any atom is -0.476 e. The largest absolute Gasteiger partial charge is 0.476 e. The van der Waals surface area contributed by atoms with Crippen LogP contribution in [0.1, 0.15) is 99.1 Å². The molecule has 0 radical (unpaired) electrons. The third-order valence-electron chi connectivity index (χ3n) is 8.57. The zero-order chi connectivity index (χ0) is 21.7. The monoisotopic (exact) mass is 425 g/mol. The van der Waals surface area contributed by atoms with Gasteiger partial charge in [-0.2, -0.15) is 0 Å². The van der Waals surface area contributed by atoms with Crippen LogP contribution in [0.25, 0.3) is 6.08 Å². The molecule has 2 aliphatic carbocycles. The Labute approximate surface area is 184 Å². The number of nitrogens with zero attached hydrogens (tertiary/aromatic N) is 3. The predicted molar refractivity (Wildman–Crippen MR) is 120 cm³/mol. The van der Waals surface area contributed by atoms with Crippen LogP contribution in [0.2, 0.25) is 0 Å². The lowest BCUT2D eigenvalue weighted by molar-refractivity contribution is 0.00706. The molecule has 0 aromatic carbocycles. The number of fused-ring (bicyclic) bond motifs is 4. The molecule has 0 spiro atoms. The molecule has 5 rings (SSSR count). The fraction of sp³-hybridized carbons (Fsp3) is 0.720. The van der Waals surface area contributed by atoms with Gasteiger partial charge >= 0.3 is 5.97 Å². The average molecular weight is 426 g/mol. The summed E-state index contributed by atoms with van der Waals surface area (Å²) in [7, 11) is 0. The van der Waals surface area contributed by atoms with Gasteiger partial charge in [0.1, 0.15) is 0 Å². The van der Waals surface area contributed by atoms with Crippen LogP contribution in [0.5, 0.6) is 0 Å². The van der Waals surface area contributed by atoms with Gasteiger partial charge in [-0.1, -0.05) is 25.3 Å². The van der Waals surface area contributed by atoms with E-state index in [1.165, 1.54) is 51.4 Å². The first-order valence-electron chi connectivity index (χ1n) is 12.2. The van der Waals surface area contributed by atoms with Crippen molar-refractivity contribution in [1.82, 2.24) is 14.5 Å². The highest BCUT2D eigenvalue weighted by molar-refractivity contribution is 5.85. The summed E-state index contributed by atoms with van der Waals surface area (Å²) in [5, 5.41) is 9.57. The SMILES string of the molecule is C/C=C\c1nc(C(=O)O)c(=O)n([C@H]2C[C@H]3CC[C@@H](C2)N3C2CC3CCCC(C3)C2)c1C. The Morgan fingerprint density at radius 2 is 1.61 bits per heavy atom. The Hall–Kier alpha value is -1.95. The maximum atomic E-state index is 13.1. The van der Waals surface area contributed by atoms with Crippen LogP contribution in [0.15, 0.2) is 10.9 Å². The van der Waals surface area contributed by atoms with Gasteiger partial charge in [0.15, 0.2) is 0 Å². The maximum Gasteiger partial charge on any atom is 0.360 e. The van der Waals surface area contributed by atoms with E-state index in [2.05, 4.69) is 9.88 Å². The Kier molecular flexibility index (Phi) is 5.53. The second-order valence-corrected chi connectivity index (χ2v) is 10.4. The molecule has 6 heteroatoms. The molecule has 1 aromatic rings. The number of piperidine rings is 1. The number of aromatic nitrogens is 2. The summed E-state index contributed by atoms with van der Waals surface area (Å²) in [6, 6.07) is 1.82. The van der Waals surface area contributed by atoms with E-state index in [-0.39, 0.29) is 11.7 Å². The lowest BCUT2D eigenvalue weighted by Crippen LogP contribution is -2.53. The molecular formula is C25H35N3O3. The number of carboxylic acid groups (broad SMARTS) is 1. The topological polar surface area (TPSA) is 75.4 Å². The standard InChI is InChI=1S/C25H35N3O3/c1-3-5-22-15(2)27(24(29)23(26-22)25(30)31)21-13-18-8-9-19(14-21)28(18)20-11-16-6-4-7-17(10-16)12-20/h3,5,16-21H,4,6-14H2,1-2H3,(H,30,31)/b5-3-/t16?,17?,18-,19+,20?,21+. The Bertz CT molecular complexity index is 926. The number of aromatic carboxylic acids is 1. The van der Waals surface area contributed by atoms with Gasteiger partial charge < -0.3 is 9.67 Å². The van der Waals surface area contributed by atoms with Gasteiger partial charge in [-0.3, -0.25) is 9.69 Å². The molecule has 0 amide bonds. The number of rotatable bonds is 4. The minimum atomic E-state index is -1.24. The van der Waals surface area contributed by atoms with Crippen LogP contribution in [0.4, 0.5) is 0 Å². The first-order chi connectivity index (χ1) is 15.0. The van der Waals surface area contributed by atoms with Crippen LogP contribution in [0.3, 0.4) is 0 Å². The predicted octanol–water partition coefficient (Wildman–Crippen LogP) is 4.42. The van der Waals surface area contributed by atoms with Crippen LogP contribution >= 0.6 is 0 Å². The summed E-state index contributed by atoms with van der Waals surface area (Å²) < 4.78 is 1.77. The molecule has 2 saturated heterocycles. The summed E-state index contributed by atoms with van der Waals surface area (Å²) in [5.74, 6) is 0.598. The first-order valence-corrected chi connectivity index (χ1v) is 12.2. The molecule has 168 valence electrons. The number of hydrogen-bond acceptors (Lipinski definition) is 4. The van der Waals surface area contributed by atoms with Crippen molar-refractivity contribution >= 4 is 12.0 Å². The molecule has 5 atom stereocenters. The molecule has 31 heavy (non-hydrogen) atoms. The molecule has 1 aromatic heterocycles. The molecule has 2 unspecified atom stereocenters. The minimum absolute atomic E-state index is 0.0643. The van der Waals surface area contributed by atoms with E-state index in [0.29, 0.717) is 23.8 Å². The summed E-state index contributed by atoms with van der Waals surface area (Å²) in [4.78, 5) is 31.8. The van der Waals surface area contributed by atoms with Gasteiger partial charge in [0.2, 0.25) is 5.69 Å². The van der Waals surface area contributed by atoms with Crippen LogP contribution in [-0.4, -0.2) is 43.7 Å². The molecule has 4 aliphatic rings. The molecule has 2 saturated carbocycles. The molecule has 6 nitrogen and oxygen atoms in total. The number of carboxylic acids is 1. The van der Waals surface area contributed by atoms with Gasteiger partial charge in [0.25, 0.3) is 5.56 Å². The van der Waals surface area contributed by atoms with Gasteiger partial charge in [-0.15, -0.1) is 0 Å². The number of hydrogen-bond donors (Lipinski definition) is 1. The van der Waals surface area contributed by atoms with Crippen molar-refractivity contribution in [2.75, 3.05) is 0 Å². The van der Waals surface area contributed by atoms with Gasteiger partial charge in [0.05, 0.1) is 5.69 Å². The van der Waals surface area contributed by atoms with Gasteiger partial charge in [-0.05, 0) is 76.7 Å². The van der Waals surface area contributed by atoms with E-state index in [1.54, 1.807) is 4.57 Å². The van der Waals surface area contributed by atoms with Crippen molar-refractivity contribution in [3.8, 4) is 0 Å². The maximum absolute atomic E-state index is 13.1. The van der Waals surface area contributed by atoms with E-state index in [9.17, 15) is 14.7 Å². The zero-order valence-corrected chi connectivity index (χ0v) is 18.8. The molecule has 3 heterocycles. The second-order valence-electron chi connectivity index (χ2n) is 10.4. The van der Waals surface area contributed by atoms with E-state index in [0.717, 1.165) is 30.4 Å². The Balaban J connectivity index is 1.43. The third-order valence-corrected chi connectivity index (χ3v) is 8.57. The highest BCUT2D eigenvalue weighted by Crippen LogP contribution is 2.48. The third kappa shape index (κ3) is 3.67. The summed E-state index contributed by atoms with van der Waals surface area (Å²) in [5.41, 5.74) is 0.587. The first kappa shape index (κ1) is 20.9. The van der Waals surface area contributed by atoms with E-state index < -0.39 is 11.5 Å². The fourth-order valence-corrected chi connectivity index (χ4v) is 7.47. The van der Waals surface area contributed by atoms with Crippen molar-refractivity contribution in [3.05, 3.63) is 33.5 Å². The molecule has 4 fully saturated rings. The molecule has 1 N–H and O–H groups in total. The lowest BCUT2D eigenvalue weighted by Gasteiger charge is -2.49. The van der Waals surface area contributed by atoms with Crippen LogP contribution in [-0.2, 0) is 0 Å². The zero-order valence-electron chi connectivity index (χ0n) is 18.8. The summed E-state index contributed by atoms with van der Waals surface area (Å²) in [6.45, 7) is 3.79. The summed E-state index contributed by atoms with van der Waals surface area (Å²) in [6.07, 6.45) is 16.4. The highest BCUT2D eigenvalue weighted by Gasteiger charge is 2.47. The highest BCUT2D eigenvalue weighted by atomic mass is 16.4. The van der Waals surface area contributed by atoms with E-state index in [4.69, 9.17) is 0 Å². The van der Waals surface area contributed by atoms with E-state index in [1.807, 2.05) is 26.0 Å². The van der Waals surface area contributed by atoms with Crippen molar-refractivity contribution in [3.63, 3.8) is 0 Å². The normalized spacial score (nSPS) is 35.5. The molecule has 2 aliphatic heterocycles. The van der Waals surface area contributed by atoms with Crippen molar-refractivity contribution in [1.29, 1.82) is 0 Å². The smallest absolute Gasteiger partial charge is 0.360 e. The van der Waals surface area contributed by atoms with Crippen LogP contribution < -0.4 is 5.56 Å². The lowest BCUT2D eigenvalue weighted by atomic mass is 9.69. The summed E-state index contributed by atoms with van der Waals surface area (Å²) >= 11 is 0. The fourth-order valence-electron chi connectivity index (χ4n) is 7.47. The Morgan fingerprint density at radius 3 is 2.19 bits per heavy atom. The van der Waals surface area contributed by atoms with Crippen molar-refractivity contribution in [2.24, 2.45) is 11.8 Å². The quantitative estimate of drug-likeness (QED) is 0.773.